The number of carbonyl (C=O) groups is 2. The van der Waals surface area contributed by atoms with E-state index in [1.807, 2.05) is 4.90 Å². The van der Waals surface area contributed by atoms with Crippen LogP contribution in [0.5, 0.6) is 0 Å². The molecule has 0 atom stereocenters. The van der Waals surface area contributed by atoms with Crippen LogP contribution in [0, 0.1) is 11.0 Å². The molecule has 0 N–H and O–H groups in total. The summed E-state index contributed by atoms with van der Waals surface area (Å²) in [5, 5.41) is 11.0. The lowest BCUT2D eigenvalue weighted by Gasteiger charge is -2.36. The second kappa shape index (κ2) is 6.88. The number of piperazine rings is 1. The zero-order chi connectivity index (χ0) is 18.0. The number of rotatable bonds is 3. The Morgan fingerprint density at radius 3 is 2.24 bits per heavy atom. The van der Waals surface area contributed by atoms with Crippen LogP contribution in [0.15, 0.2) is 42.7 Å². The van der Waals surface area contributed by atoms with Gasteiger partial charge >= 0.3 is 0 Å². The predicted molar refractivity (Wildman–Crippen MR) is 89.9 cm³/mol. The Bertz CT molecular complexity index is 800. The van der Waals surface area contributed by atoms with Crippen LogP contribution < -0.4 is 9.63 Å². The summed E-state index contributed by atoms with van der Waals surface area (Å²) in [7, 11) is 0. The summed E-state index contributed by atoms with van der Waals surface area (Å²) < 4.78 is 14.9. The number of hydrogen-bond donors (Lipinski definition) is 0. The molecule has 25 heavy (non-hydrogen) atoms. The van der Waals surface area contributed by atoms with Crippen molar-refractivity contribution in [3.63, 3.8) is 0 Å². The first-order valence-corrected chi connectivity index (χ1v) is 7.99. The summed E-state index contributed by atoms with van der Waals surface area (Å²) in [6.07, 6.45) is 2.57. The normalized spacial score (nSPS) is 14.5. The van der Waals surface area contributed by atoms with Gasteiger partial charge in [-0.3, -0.25) is 9.59 Å². The van der Waals surface area contributed by atoms with Gasteiger partial charge in [-0.1, -0.05) is 0 Å². The van der Waals surface area contributed by atoms with Gasteiger partial charge in [0.2, 0.25) is 0 Å². The van der Waals surface area contributed by atoms with Crippen LogP contribution in [0.2, 0.25) is 0 Å². The summed E-state index contributed by atoms with van der Waals surface area (Å²) in [6.45, 7) is 3.31. The fourth-order valence-electron chi connectivity index (χ4n) is 2.87. The van der Waals surface area contributed by atoms with Gasteiger partial charge in [0.15, 0.2) is 18.2 Å². The van der Waals surface area contributed by atoms with Crippen molar-refractivity contribution in [3.05, 3.63) is 64.9 Å². The van der Waals surface area contributed by atoms with Gasteiger partial charge in [-0.15, -0.1) is 0 Å². The number of halogens is 1. The van der Waals surface area contributed by atoms with Crippen LogP contribution in [0.1, 0.15) is 27.6 Å². The molecule has 7 heteroatoms. The van der Waals surface area contributed by atoms with Crippen molar-refractivity contribution < 1.29 is 18.7 Å². The van der Waals surface area contributed by atoms with E-state index in [-0.39, 0.29) is 11.7 Å². The quantitative estimate of drug-likeness (QED) is 0.483. The molecule has 0 unspecified atom stereocenters. The van der Waals surface area contributed by atoms with Crippen molar-refractivity contribution in [2.24, 2.45) is 0 Å². The number of aromatic nitrogens is 1. The molecule has 0 aliphatic carbocycles. The Labute approximate surface area is 144 Å². The van der Waals surface area contributed by atoms with Crippen molar-refractivity contribution in [3.8, 4) is 0 Å². The average Bonchev–Trinajstić information content (AvgIpc) is 2.62. The van der Waals surface area contributed by atoms with Gasteiger partial charge in [-0.2, -0.15) is 4.73 Å². The lowest BCUT2D eigenvalue weighted by atomic mass is 10.1. The van der Waals surface area contributed by atoms with E-state index in [1.165, 1.54) is 37.5 Å². The maximum absolute atomic E-state index is 14.2. The molecular weight excluding hydrogens is 325 g/mol. The maximum Gasteiger partial charge on any atom is 0.254 e. The van der Waals surface area contributed by atoms with Crippen LogP contribution in [-0.2, 0) is 0 Å². The molecule has 3 rings (SSSR count). The molecule has 2 aromatic rings. The molecule has 1 aliphatic rings. The lowest BCUT2D eigenvalue weighted by molar-refractivity contribution is -0.605. The summed E-state index contributed by atoms with van der Waals surface area (Å²) in [6, 6.07) is 7.44. The number of ketones is 1. The van der Waals surface area contributed by atoms with Crippen molar-refractivity contribution in [1.29, 1.82) is 0 Å². The Hall–Kier alpha value is -2.96. The minimum Gasteiger partial charge on any atom is -0.619 e. The molecule has 0 bridgehead atoms. The summed E-state index contributed by atoms with van der Waals surface area (Å²) in [4.78, 5) is 27.3. The Morgan fingerprint density at radius 2 is 1.68 bits per heavy atom. The van der Waals surface area contributed by atoms with Crippen LogP contribution in [-0.4, -0.2) is 42.8 Å². The van der Waals surface area contributed by atoms with Crippen molar-refractivity contribution in [1.82, 2.24) is 4.90 Å². The third-order valence-electron chi connectivity index (χ3n) is 4.31. The second-order valence-corrected chi connectivity index (χ2v) is 5.95. The number of pyridine rings is 1. The number of benzene rings is 1. The van der Waals surface area contributed by atoms with E-state index in [1.54, 1.807) is 17.0 Å². The lowest BCUT2D eigenvalue weighted by Crippen LogP contribution is -2.49. The minimum atomic E-state index is -0.435. The number of carbonyl (C=O) groups excluding carboxylic acids is 2. The Kier molecular flexibility index (Phi) is 4.65. The van der Waals surface area contributed by atoms with E-state index < -0.39 is 5.82 Å². The molecule has 1 saturated heterocycles. The number of nitrogens with zero attached hydrogens (tertiary/aromatic N) is 3. The second-order valence-electron chi connectivity index (χ2n) is 5.95. The highest BCUT2D eigenvalue weighted by atomic mass is 19.1. The van der Waals surface area contributed by atoms with E-state index in [0.717, 1.165) is 0 Å². The molecule has 130 valence electrons. The first-order chi connectivity index (χ1) is 12.0. The fraction of sp³-hybridized carbons (Fsp3) is 0.278. The van der Waals surface area contributed by atoms with Gasteiger partial charge in [0, 0.05) is 43.9 Å². The van der Waals surface area contributed by atoms with Gasteiger partial charge in [-0.25, -0.2) is 4.39 Å². The molecule has 0 spiro atoms. The van der Waals surface area contributed by atoms with Gasteiger partial charge < -0.3 is 15.0 Å². The van der Waals surface area contributed by atoms with E-state index in [2.05, 4.69) is 0 Å². The number of Topliss-reactive ketones (excluding diaryl/α,β-unsaturated/α-hetero) is 1. The van der Waals surface area contributed by atoms with Gasteiger partial charge in [0.1, 0.15) is 5.82 Å². The molecule has 1 aromatic heterocycles. The van der Waals surface area contributed by atoms with E-state index in [4.69, 9.17) is 0 Å². The molecular formula is C18H18FN3O3. The third kappa shape index (κ3) is 3.60. The molecule has 2 heterocycles. The summed E-state index contributed by atoms with van der Waals surface area (Å²) in [5.74, 6) is -0.758. The molecule has 0 radical (unpaired) electrons. The Morgan fingerprint density at radius 1 is 1.04 bits per heavy atom. The number of hydrogen-bond acceptors (Lipinski definition) is 4. The molecule has 1 aromatic carbocycles. The monoisotopic (exact) mass is 343 g/mol. The van der Waals surface area contributed by atoms with E-state index in [9.17, 15) is 19.2 Å². The highest BCUT2D eigenvalue weighted by Crippen LogP contribution is 2.22. The smallest absolute Gasteiger partial charge is 0.254 e. The summed E-state index contributed by atoms with van der Waals surface area (Å²) >= 11 is 0. The van der Waals surface area contributed by atoms with Crippen LogP contribution >= 0.6 is 0 Å². The topological polar surface area (TPSA) is 67.6 Å². The fourth-order valence-corrected chi connectivity index (χ4v) is 2.87. The zero-order valence-electron chi connectivity index (χ0n) is 13.8. The molecule has 1 amide bonds. The van der Waals surface area contributed by atoms with Gasteiger partial charge in [-0.05, 0) is 25.1 Å². The maximum atomic E-state index is 14.2. The zero-order valence-corrected chi connectivity index (χ0v) is 13.8. The van der Waals surface area contributed by atoms with Crippen LogP contribution in [0.3, 0.4) is 0 Å². The van der Waals surface area contributed by atoms with Crippen molar-refractivity contribution in [2.75, 3.05) is 31.1 Å². The largest absolute Gasteiger partial charge is 0.619 e. The third-order valence-corrected chi connectivity index (χ3v) is 4.31. The van der Waals surface area contributed by atoms with Gasteiger partial charge in [0.05, 0.1) is 11.3 Å². The van der Waals surface area contributed by atoms with Crippen LogP contribution in [0.4, 0.5) is 10.1 Å². The molecule has 6 nitrogen and oxygen atoms in total. The first-order valence-electron chi connectivity index (χ1n) is 7.99. The van der Waals surface area contributed by atoms with E-state index in [0.29, 0.717) is 47.7 Å². The SMILES string of the molecule is CC(=O)c1ccc(N2CCN(C(=O)c3cc[n+]([O-])cc3)CC2)c(F)c1. The predicted octanol–water partition coefficient (Wildman–Crippen LogP) is 1.62. The van der Waals surface area contributed by atoms with Gasteiger partial charge in [0.25, 0.3) is 5.91 Å². The van der Waals surface area contributed by atoms with Crippen LogP contribution in [0.25, 0.3) is 0 Å². The molecule has 1 fully saturated rings. The van der Waals surface area contributed by atoms with Crippen molar-refractivity contribution in [2.45, 2.75) is 6.92 Å². The number of amides is 1. The first kappa shape index (κ1) is 16.9. The average molecular weight is 343 g/mol. The standard InChI is InChI=1S/C18H18FN3O3/c1-13(23)15-2-3-17(16(19)12-15)20-8-10-21(11-9-20)18(24)14-4-6-22(25)7-5-14/h2-7,12H,8-11H2,1H3. The highest BCUT2D eigenvalue weighted by molar-refractivity contribution is 5.95. The minimum absolute atomic E-state index is 0.146. The number of anilines is 1. The molecule has 0 saturated carbocycles. The van der Waals surface area contributed by atoms with E-state index >= 15 is 0 Å². The van der Waals surface area contributed by atoms with Crippen molar-refractivity contribution >= 4 is 17.4 Å². The highest BCUT2D eigenvalue weighted by Gasteiger charge is 2.24. The Balaban J connectivity index is 1.66. The summed E-state index contributed by atoms with van der Waals surface area (Å²) in [5.41, 5.74) is 1.23. The molecule has 1 aliphatic heterocycles.